The fourth-order valence-electron chi connectivity index (χ4n) is 5.79. The molecule has 12 nitrogen and oxygen atoms in total. The number of amides is 3. The van der Waals surface area contributed by atoms with Crippen LogP contribution in [0, 0.1) is 11.3 Å². The molecule has 4 aliphatic rings. The van der Waals surface area contributed by atoms with E-state index in [2.05, 4.69) is 21.9 Å². The fourth-order valence-corrected chi connectivity index (χ4v) is 7.90. The Morgan fingerprint density at radius 3 is 2.61 bits per heavy atom. The van der Waals surface area contributed by atoms with E-state index in [0.717, 1.165) is 11.3 Å². The number of rotatable bonds is 10. The Labute approximate surface area is 260 Å². The summed E-state index contributed by atoms with van der Waals surface area (Å²) in [5.74, 6) is -0.553. The maximum absolute atomic E-state index is 14.1. The highest BCUT2D eigenvalue weighted by molar-refractivity contribution is 7.91. The van der Waals surface area contributed by atoms with E-state index in [-0.39, 0.29) is 19.1 Å². The van der Waals surface area contributed by atoms with Gasteiger partial charge in [-0.05, 0) is 55.7 Å². The van der Waals surface area contributed by atoms with Gasteiger partial charge in [0, 0.05) is 23.4 Å². The van der Waals surface area contributed by atoms with Crippen molar-refractivity contribution in [2.75, 3.05) is 18.7 Å². The van der Waals surface area contributed by atoms with Gasteiger partial charge in [0.2, 0.25) is 28.6 Å². The van der Waals surface area contributed by atoms with Crippen LogP contribution in [-0.4, -0.2) is 72.2 Å². The number of anilines is 1. The quantitative estimate of drug-likeness (QED) is 0.331. The number of hydrogen-bond acceptors (Lipinski definition) is 10. The van der Waals surface area contributed by atoms with Crippen LogP contribution in [0.5, 0.6) is 11.5 Å². The van der Waals surface area contributed by atoms with Gasteiger partial charge in [-0.25, -0.2) is 13.4 Å². The van der Waals surface area contributed by atoms with Crippen LogP contribution in [0.3, 0.4) is 0 Å². The molecule has 6 rings (SSSR count). The zero-order valence-corrected chi connectivity index (χ0v) is 26.6. The molecule has 3 fully saturated rings. The van der Waals surface area contributed by atoms with Crippen LogP contribution in [0.2, 0.25) is 0 Å². The smallest absolute Gasteiger partial charge is 0.259 e. The van der Waals surface area contributed by atoms with Crippen molar-refractivity contribution in [2.24, 2.45) is 11.3 Å². The van der Waals surface area contributed by atoms with E-state index in [0.29, 0.717) is 48.9 Å². The topological polar surface area (TPSA) is 156 Å². The molecule has 2 aliphatic heterocycles. The molecule has 0 unspecified atom stereocenters. The van der Waals surface area contributed by atoms with E-state index in [4.69, 9.17) is 14.5 Å². The standard InChI is InChI=1S/C30H37N5O7S2/c1-5-18-14-30(18,27(38)34-44(39,40)19-9-10-19)33-25(36)21-7-6-12-35(21)26(37)24(29(2,3)4)32-28-31-20(15-43-28)17-8-11-22-23(13-17)42-16-41-22/h5,8,11,13,15,18-19,21,24H,1,6-7,9-10,12,14,16H2,2-4H3,(H,31,32)(H,33,36)(H,34,38)/t18-,21+,24-,30-/m1/s1. The normalized spacial score (nSPS) is 24.8. The van der Waals surface area contributed by atoms with Gasteiger partial charge < -0.3 is 25.0 Å². The SMILES string of the molecule is C=C[C@@H]1C[C@]1(NC(=O)[C@@H]1CCCN1C(=O)[C@@H](Nc1nc(-c2ccc3c(c2)OCO3)cs1)C(C)(C)C)C(=O)NS(=O)(=O)C1CC1. The molecule has 0 bridgehead atoms. The Hall–Kier alpha value is -3.65. The lowest BCUT2D eigenvalue weighted by atomic mass is 9.85. The second-order valence-electron chi connectivity index (χ2n) is 12.9. The van der Waals surface area contributed by atoms with E-state index in [1.54, 1.807) is 11.0 Å². The highest BCUT2D eigenvalue weighted by Crippen LogP contribution is 2.45. The van der Waals surface area contributed by atoms with Crippen LogP contribution in [0.25, 0.3) is 11.3 Å². The lowest BCUT2D eigenvalue weighted by Crippen LogP contribution is -2.58. The average molecular weight is 644 g/mol. The minimum atomic E-state index is -3.79. The van der Waals surface area contributed by atoms with Gasteiger partial charge in [0.15, 0.2) is 16.6 Å². The van der Waals surface area contributed by atoms with Crippen molar-refractivity contribution in [1.82, 2.24) is 19.9 Å². The Morgan fingerprint density at radius 2 is 1.93 bits per heavy atom. The number of nitrogens with one attached hydrogen (secondary N) is 3. The maximum atomic E-state index is 14.1. The summed E-state index contributed by atoms with van der Waals surface area (Å²) in [7, 11) is -3.79. The number of benzene rings is 1. The molecule has 3 amide bonds. The van der Waals surface area contributed by atoms with Crippen molar-refractivity contribution in [3.05, 3.63) is 36.2 Å². The highest BCUT2D eigenvalue weighted by atomic mass is 32.2. The number of fused-ring (bicyclic) bond motifs is 1. The lowest BCUT2D eigenvalue weighted by molar-refractivity contribution is -0.141. The van der Waals surface area contributed by atoms with E-state index in [1.807, 2.05) is 44.4 Å². The Morgan fingerprint density at radius 1 is 1.18 bits per heavy atom. The van der Waals surface area contributed by atoms with Gasteiger partial charge in [-0.2, -0.15) is 0 Å². The number of sulfonamides is 1. The van der Waals surface area contributed by atoms with E-state index >= 15 is 0 Å². The zero-order chi connectivity index (χ0) is 31.4. The van der Waals surface area contributed by atoms with Crippen LogP contribution in [0.4, 0.5) is 5.13 Å². The van der Waals surface area contributed by atoms with Crippen LogP contribution in [0.1, 0.15) is 52.9 Å². The van der Waals surface area contributed by atoms with Gasteiger partial charge in [-0.15, -0.1) is 17.9 Å². The highest BCUT2D eigenvalue weighted by Gasteiger charge is 2.61. The van der Waals surface area contributed by atoms with Gasteiger partial charge in [-0.1, -0.05) is 26.8 Å². The van der Waals surface area contributed by atoms with Gasteiger partial charge in [0.05, 0.1) is 10.9 Å². The molecule has 4 atom stereocenters. The van der Waals surface area contributed by atoms with Crippen molar-refractivity contribution in [2.45, 2.75) is 75.7 Å². The number of carbonyl (C=O) groups is 3. The number of carbonyl (C=O) groups excluding carboxylic acids is 3. The molecule has 2 aromatic rings. The summed E-state index contributed by atoms with van der Waals surface area (Å²) >= 11 is 1.37. The summed E-state index contributed by atoms with van der Waals surface area (Å²) in [5.41, 5.74) is -0.350. The largest absolute Gasteiger partial charge is 0.454 e. The summed E-state index contributed by atoms with van der Waals surface area (Å²) in [4.78, 5) is 47.2. The molecule has 3 N–H and O–H groups in total. The molecule has 1 saturated heterocycles. The summed E-state index contributed by atoms with van der Waals surface area (Å²) in [5, 5.41) is 8.02. The van der Waals surface area contributed by atoms with Crippen molar-refractivity contribution in [3.63, 3.8) is 0 Å². The predicted molar refractivity (Wildman–Crippen MR) is 165 cm³/mol. The first kappa shape index (κ1) is 30.4. The van der Waals surface area contributed by atoms with Gasteiger partial charge in [0.1, 0.15) is 17.6 Å². The first-order chi connectivity index (χ1) is 20.8. The van der Waals surface area contributed by atoms with E-state index in [9.17, 15) is 22.8 Å². The molecule has 14 heteroatoms. The van der Waals surface area contributed by atoms with Crippen molar-refractivity contribution >= 4 is 44.2 Å². The molecule has 2 saturated carbocycles. The minimum Gasteiger partial charge on any atom is -0.454 e. The molecular weight excluding hydrogens is 606 g/mol. The lowest BCUT2D eigenvalue weighted by Gasteiger charge is -2.35. The van der Waals surface area contributed by atoms with Crippen LogP contribution in [-0.2, 0) is 24.4 Å². The zero-order valence-electron chi connectivity index (χ0n) is 24.9. The van der Waals surface area contributed by atoms with Crippen LogP contribution >= 0.6 is 11.3 Å². The van der Waals surface area contributed by atoms with Crippen molar-refractivity contribution in [1.29, 1.82) is 0 Å². The fraction of sp³-hybridized carbons (Fsp3) is 0.533. The molecule has 0 spiro atoms. The van der Waals surface area contributed by atoms with Gasteiger partial charge in [-0.3, -0.25) is 19.1 Å². The molecule has 236 valence electrons. The van der Waals surface area contributed by atoms with E-state index < -0.39 is 56.0 Å². The molecular formula is C30H37N5O7S2. The number of thiazole rings is 1. The molecule has 2 aliphatic carbocycles. The number of nitrogens with zero attached hydrogens (tertiary/aromatic N) is 2. The summed E-state index contributed by atoms with van der Waals surface area (Å²) in [6.45, 7) is 10.1. The summed E-state index contributed by atoms with van der Waals surface area (Å²) in [6.07, 6.45) is 3.86. The van der Waals surface area contributed by atoms with Crippen molar-refractivity contribution < 1.29 is 32.3 Å². The first-order valence-electron chi connectivity index (χ1n) is 14.8. The number of likely N-dealkylation sites (tertiary alicyclic amines) is 1. The Kier molecular flexibility index (Phi) is 7.63. The second kappa shape index (κ2) is 11.1. The molecule has 44 heavy (non-hydrogen) atoms. The average Bonchev–Trinajstić information content (AvgIpc) is 3.73. The third kappa shape index (κ3) is 5.76. The molecule has 3 heterocycles. The third-order valence-corrected chi connectivity index (χ3v) is 11.2. The minimum absolute atomic E-state index is 0.179. The molecule has 0 radical (unpaired) electrons. The summed E-state index contributed by atoms with van der Waals surface area (Å²) < 4.78 is 38.0. The summed E-state index contributed by atoms with van der Waals surface area (Å²) in [6, 6.07) is 4.10. The Balaban J connectivity index is 1.16. The van der Waals surface area contributed by atoms with Crippen LogP contribution in [0.15, 0.2) is 36.2 Å². The molecule has 1 aromatic carbocycles. The molecule has 1 aromatic heterocycles. The number of ether oxygens (including phenoxy) is 2. The maximum Gasteiger partial charge on any atom is 0.259 e. The first-order valence-corrected chi connectivity index (χ1v) is 17.2. The van der Waals surface area contributed by atoms with Gasteiger partial charge in [0.25, 0.3) is 5.91 Å². The number of hydrogen-bond donors (Lipinski definition) is 3. The second-order valence-corrected chi connectivity index (χ2v) is 15.7. The predicted octanol–water partition coefficient (Wildman–Crippen LogP) is 3.03. The third-order valence-electron chi connectivity index (χ3n) is 8.64. The van der Waals surface area contributed by atoms with E-state index in [1.165, 1.54) is 11.3 Å². The monoisotopic (exact) mass is 643 g/mol. The number of aromatic nitrogens is 1. The van der Waals surface area contributed by atoms with Crippen LogP contribution < -0.4 is 24.8 Å². The van der Waals surface area contributed by atoms with Crippen molar-refractivity contribution in [3.8, 4) is 22.8 Å². The Bertz CT molecular complexity index is 1610. The van der Waals surface area contributed by atoms with Gasteiger partial charge >= 0.3 is 0 Å².